The Kier molecular flexibility index (Phi) is 6.21. The van der Waals surface area contributed by atoms with Crippen molar-refractivity contribution in [2.24, 2.45) is 5.73 Å². The topological polar surface area (TPSA) is 118 Å². The number of nitrogens with two attached hydrogens (primary N) is 1. The summed E-state index contributed by atoms with van der Waals surface area (Å²) in [5, 5.41) is 5.33. The number of carbonyl (C=O) groups is 2. The zero-order valence-corrected chi connectivity index (χ0v) is 18.9. The van der Waals surface area contributed by atoms with Crippen molar-refractivity contribution in [2.45, 2.75) is 12.7 Å². The highest BCUT2D eigenvalue weighted by Gasteiger charge is 2.14. The van der Waals surface area contributed by atoms with Crippen LogP contribution in [-0.2, 0) is 10.5 Å². The van der Waals surface area contributed by atoms with Crippen molar-refractivity contribution in [1.29, 1.82) is 0 Å². The Labute approximate surface area is 189 Å². The number of aromatic nitrogens is 2. The van der Waals surface area contributed by atoms with Crippen LogP contribution in [0.4, 0.5) is 5.69 Å². The van der Waals surface area contributed by atoms with E-state index in [4.69, 9.17) is 5.73 Å². The highest BCUT2D eigenvalue weighted by atomic mass is 32.2. The van der Waals surface area contributed by atoms with E-state index >= 15 is 0 Å². The molecule has 3 heterocycles. The van der Waals surface area contributed by atoms with Gasteiger partial charge in [0.15, 0.2) is 0 Å². The first-order valence-electron chi connectivity index (χ1n) is 9.25. The summed E-state index contributed by atoms with van der Waals surface area (Å²) in [6, 6.07) is 10.4. The number of primary amides is 1. The average molecular weight is 471 g/mol. The molecule has 158 valence electrons. The van der Waals surface area contributed by atoms with Gasteiger partial charge in [-0.15, -0.1) is 34.4 Å². The molecule has 0 spiro atoms. The third kappa shape index (κ3) is 4.87. The van der Waals surface area contributed by atoms with Gasteiger partial charge in [0.1, 0.15) is 10.7 Å². The van der Waals surface area contributed by atoms with Crippen molar-refractivity contribution in [3.8, 4) is 10.4 Å². The first-order chi connectivity index (χ1) is 14.9. The van der Waals surface area contributed by atoms with Gasteiger partial charge in [-0.05, 0) is 43.3 Å². The molecule has 31 heavy (non-hydrogen) atoms. The number of H-pyrrole nitrogens is 1. The van der Waals surface area contributed by atoms with E-state index in [0.717, 1.165) is 10.4 Å². The molecule has 10 heteroatoms. The molecule has 0 fully saturated rings. The van der Waals surface area contributed by atoms with Crippen LogP contribution in [0.15, 0.2) is 46.6 Å². The van der Waals surface area contributed by atoms with Crippen LogP contribution in [0.3, 0.4) is 0 Å². The van der Waals surface area contributed by atoms with E-state index in [9.17, 15) is 14.4 Å². The van der Waals surface area contributed by atoms with Crippen LogP contribution < -0.4 is 16.6 Å². The van der Waals surface area contributed by atoms with Gasteiger partial charge in [0.25, 0.3) is 5.56 Å². The third-order valence-electron chi connectivity index (χ3n) is 4.42. The minimum absolute atomic E-state index is 0.165. The van der Waals surface area contributed by atoms with Gasteiger partial charge in [-0.1, -0.05) is 0 Å². The molecule has 0 saturated carbocycles. The number of benzene rings is 1. The van der Waals surface area contributed by atoms with Gasteiger partial charge in [-0.2, -0.15) is 0 Å². The average Bonchev–Trinajstić information content (AvgIpc) is 3.34. The highest BCUT2D eigenvalue weighted by Crippen LogP contribution is 2.35. The van der Waals surface area contributed by atoms with Crippen molar-refractivity contribution in [3.63, 3.8) is 0 Å². The predicted octanol–water partition coefficient (Wildman–Crippen LogP) is 3.99. The van der Waals surface area contributed by atoms with Crippen molar-refractivity contribution >= 4 is 62.2 Å². The summed E-state index contributed by atoms with van der Waals surface area (Å²) in [7, 11) is 0. The summed E-state index contributed by atoms with van der Waals surface area (Å²) in [4.78, 5) is 46.3. The van der Waals surface area contributed by atoms with Crippen LogP contribution in [0.2, 0.25) is 0 Å². The Morgan fingerprint density at radius 1 is 1.19 bits per heavy atom. The fourth-order valence-corrected chi connectivity index (χ4v) is 5.59. The number of thioether (sulfide) groups is 1. The fraction of sp³-hybridized carbons (Fsp3) is 0.143. The SMILES string of the molecule is Cc1ccc(-c2csc3nc(CSCC(=O)Nc4ccc(C(N)=O)cc4)[nH]c(=O)c23)s1. The fourth-order valence-electron chi connectivity index (χ4n) is 2.98. The number of nitrogens with zero attached hydrogens (tertiary/aromatic N) is 1. The number of carbonyl (C=O) groups excluding carboxylic acids is 2. The molecule has 0 unspecified atom stereocenters. The lowest BCUT2D eigenvalue weighted by Gasteiger charge is -2.06. The zero-order chi connectivity index (χ0) is 22.0. The van der Waals surface area contributed by atoms with Gasteiger partial charge in [0.05, 0.1) is 16.9 Å². The molecule has 0 saturated heterocycles. The van der Waals surface area contributed by atoms with Gasteiger partial charge in [0, 0.05) is 31.9 Å². The van der Waals surface area contributed by atoms with E-state index in [1.54, 1.807) is 35.6 Å². The van der Waals surface area contributed by atoms with E-state index in [2.05, 4.69) is 15.3 Å². The molecule has 0 bridgehead atoms. The quantitative estimate of drug-likeness (QED) is 0.377. The predicted molar refractivity (Wildman–Crippen MR) is 128 cm³/mol. The molecule has 4 rings (SSSR count). The molecular weight excluding hydrogens is 452 g/mol. The minimum atomic E-state index is -0.518. The van der Waals surface area contributed by atoms with Crippen LogP contribution in [0.5, 0.6) is 0 Å². The maximum absolute atomic E-state index is 12.7. The number of nitrogens with one attached hydrogen (secondary N) is 2. The van der Waals surface area contributed by atoms with E-state index < -0.39 is 5.91 Å². The minimum Gasteiger partial charge on any atom is -0.366 e. The van der Waals surface area contributed by atoms with Gasteiger partial charge in [-0.3, -0.25) is 14.4 Å². The van der Waals surface area contributed by atoms with Crippen LogP contribution in [0.1, 0.15) is 21.1 Å². The summed E-state index contributed by atoms with van der Waals surface area (Å²) in [6.45, 7) is 2.03. The maximum Gasteiger partial charge on any atom is 0.260 e. The lowest BCUT2D eigenvalue weighted by atomic mass is 10.2. The normalized spacial score (nSPS) is 11.0. The highest BCUT2D eigenvalue weighted by molar-refractivity contribution is 7.99. The second-order valence-electron chi connectivity index (χ2n) is 6.74. The number of aromatic amines is 1. The summed E-state index contributed by atoms with van der Waals surface area (Å²) < 4.78 is 0. The van der Waals surface area contributed by atoms with Gasteiger partial charge >= 0.3 is 0 Å². The molecule has 0 aliphatic heterocycles. The number of hydrogen-bond acceptors (Lipinski definition) is 7. The number of anilines is 1. The first kappa shape index (κ1) is 21.3. The standard InChI is InChI=1S/C21H18N4O3S3/c1-11-2-7-15(31-11)14-8-30-21-18(14)20(28)24-16(25-21)9-29-10-17(26)23-13-5-3-12(4-6-13)19(22)27/h2-8H,9-10H2,1H3,(H2,22,27)(H,23,26)(H,24,25,28). The van der Waals surface area contributed by atoms with E-state index in [1.807, 2.05) is 24.4 Å². The largest absolute Gasteiger partial charge is 0.366 e. The Bertz CT molecular complexity index is 1320. The third-order valence-corrected chi connectivity index (χ3v) is 7.27. The molecule has 1 aromatic carbocycles. The molecule has 4 N–H and O–H groups in total. The number of hydrogen-bond donors (Lipinski definition) is 3. The Morgan fingerprint density at radius 2 is 1.97 bits per heavy atom. The van der Waals surface area contributed by atoms with Crippen LogP contribution >= 0.6 is 34.4 Å². The molecule has 2 amide bonds. The van der Waals surface area contributed by atoms with Crippen molar-refractivity contribution in [3.05, 3.63) is 68.4 Å². The second-order valence-corrected chi connectivity index (χ2v) is 9.87. The Balaban J connectivity index is 1.38. The lowest BCUT2D eigenvalue weighted by Crippen LogP contribution is -2.16. The smallest absolute Gasteiger partial charge is 0.260 e. The first-order valence-corrected chi connectivity index (χ1v) is 12.1. The number of amides is 2. The summed E-state index contributed by atoms with van der Waals surface area (Å²) in [6.07, 6.45) is 0. The lowest BCUT2D eigenvalue weighted by molar-refractivity contribution is -0.113. The summed E-state index contributed by atoms with van der Waals surface area (Å²) in [5.41, 5.74) is 6.91. The Hall–Kier alpha value is -2.95. The molecule has 0 aliphatic carbocycles. The molecular formula is C21H18N4O3S3. The molecule has 3 aromatic heterocycles. The van der Waals surface area contributed by atoms with Crippen molar-refractivity contribution in [2.75, 3.05) is 11.1 Å². The van der Waals surface area contributed by atoms with Crippen molar-refractivity contribution < 1.29 is 9.59 Å². The number of rotatable bonds is 7. The van der Waals surface area contributed by atoms with Crippen molar-refractivity contribution in [1.82, 2.24) is 9.97 Å². The number of aryl methyl sites for hydroxylation is 1. The summed E-state index contributed by atoms with van der Waals surface area (Å²) in [5.74, 6) is 0.437. The molecule has 0 radical (unpaired) electrons. The van der Waals surface area contributed by atoms with E-state index in [1.165, 1.54) is 28.0 Å². The molecule has 7 nitrogen and oxygen atoms in total. The molecule has 0 atom stereocenters. The van der Waals surface area contributed by atoms with E-state index in [0.29, 0.717) is 33.0 Å². The van der Waals surface area contributed by atoms with Crippen LogP contribution in [-0.4, -0.2) is 27.5 Å². The molecule has 4 aromatic rings. The van der Waals surface area contributed by atoms with Gasteiger partial charge < -0.3 is 16.0 Å². The summed E-state index contributed by atoms with van der Waals surface area (Å²) >= 11 is 4.45. The van der Waals surface area contributed by atoms with Crippen LogP contribution in [0.25, 0.3) is 20.7 Å². The second kappa shape index (κ2) is 9.04. The monoisotopic (exact) mass is 470 g/mol. The Morgan fingerprint density at radius 3 is 2.65 bits per heavy atom. The number of thiophene rings is 2. The van der Waals surface area contributed by atoms with Gasteiger partial charge in [0.2, 0.25) is 11.8 Å². The van der Waals surface area contributed by atoms with Crippen LogP contribution in [0, 0.1) is 6.92 Å². The number of fused-ring (bicyclic) bond motifs is 1. The molecule has 0 aliphatic rings. The zero-order valence-electron chi connectivity index (χ0n) is 16.4. The van der Waals surface area contributed by atoms with E-state index in [-0.39, 0.29) is 17.2 Å². The maximum atomic E-state index is 12.7. The van der Waals surface area contributed by atoms with Gasteiger partial charge in [-0.25, -0.2) is 4.98 Å².